The molecule has 1 aliphatic rings. The van der Waals surface area contributed by atoms with Crippen LogP contribution >= 0.6 is 0 Å². The van der Waals surface area contributed by atoms with E-state index in [2.05, 4.69) is 15.6 Å². The van der Waals surface area contributed by atoms with Crippen LogP contribution in [0.3, 0.4) is 0 Å². The Balaban J connectivity index is 1.36. The average Bonchev–Trinajstić information content (AvgIpc) is 2.91. The van der Waals surface area contributed by atoms with Crippen LogP contribution in [0.15, 0.2) is 72.8 Å². The molecular formula is C27H25N3O5. The number of carbonyl (C=O) groups is 1. The third-order valence-corrected chi connectivity index (χ3v) is 5.67. The molecule has 0 radical (unpaired) electrons. The van der Waals surface area contributed by atoms with E-state index < -0.39 is 0 Å². The third-order valence-electron chi connectivity index (χ3n) is 5.67. The number of methoxy groups -OCH3 is 2. The lowest BCUT2D eigenvalue weighted by atomic mass is 10.1. The molecule has 0 aliphatic carbocycles. The van der Waals surface area contributed by atoms with Crippen LogP contribution in [-0.2, 0) is 0 Å². The zero-order valence-corrected chi connectivity index (χ0v) is 19.4. The number of pyridine rings is 1. The highest BCUT2D eigenvalue weighted by Crippen LogP contribution is 2.32. The van der Waals surface area contributed by atoms with Crippen molar-refractivity contribution in [3.8, 4) is 23.0 Å². The Morgan fingerprint density at radius 3 is 2.57 bits per heavy atom. The Kier molecular flexibility index (Phi) is 6.26. The van der Waals surface area contributed by atoms with Gasteiger partial charge in [0.2, 0.25) is 0 Å². The summed E-state index contributed by atoms with van der Waals surface area (Å²) in [6, 6.07) is 22.2. The van der Waals surface area contributed by atoms with E-state index in [1.165, 1.54) is 0 Å². The van der Waals surface area contributed by atoms with Crippen LogP contribution in [0, 0.1) is 0 Å². The van der Waals surface area contributed by atoms with Gasteiger partial charge in [-0.2, -0.15) is 0 Å². The van der Waals surface area contributed by atoms with Crippen molar-refractivity contribution in [2.45, 2.75) is 6.10 Å². The van der Waals surface area contributed by atoms with E-state index in [9.17, 15) is 4.79 Å². The summed E-state index contributed by atoms with van der Waals surface area (Å²) in [5.41, 5.74) is 1.97. The molecule has 0 saturated carbocycles. The highest BCUT2D eigenvalue weighted by molar-refractivity contribution is 6.07. The first kappa shape index (κ1) is 22.3. The van der Waals surface area contributed by atoms with Gasteiger partial charge in [0.15, 0.2) is 23.0 Å². The molecule has 0 saturated heterocycles. The minimum atomic E-state index is -0.286. The smallest absolute Gasteiger partial charge is 0.252 e. The lowest BCUT2D eigenvalue weighted by molar-refractivity contribution is 0.0790. The van der Waals surface area contributed by atoms with Crippen molar-refractivity contribution in [2.75, 3.05) is 32.7 Å². The van der Waals surface area contributed by atoms with Gasteiger partial charge in [0.25, 0.3) is 5.91 Å². The molecule has 2 heterocycles. The second-order valence-electron chi connectivity index (χ2n) is 7.97. The topological polar surface area (TPSA) is 90.9 Å². The highest BCUT2D eigenvalue weighted by Gasteiger charge is 2.22. The number of aromatic nitrogens is 1. The van der Waals surface area contributed by atoms with Gasteiger partial charge in [-0.05, 0) is 36.4 Å². The summed E-state index contributed by atoms with van der Waals surface area (Å²) in [7, 11) is 3.17. The number of anilines is 2. The molecule has 8 nitrogen and oxygen atoms in total. The molecule has 8 heteroatoms. The third kappa shape index (κ3) is 4.77. The van der Waals surface area contributed by atoms with Crippen molar-refractivity contribution in [3.05, 3.63) is 78.4 Å². The molecule has 1 unspecified atom stereocenters. The summed E-state index contributed by atoms with van der Waals surface area (Å²) in [5.74, 6) is 2.91. The van der Waals surface area contributed by atoms with Crippen molar-refractivity contribution in [3.63, 3.8) is 0 Å². The molecule has 0 spiro atoms. The Morgan fingerprint density at radius 2 is 1.74 bits per heavy atom. The number of fused-ring (bicyclic) bond motifs is 2. The normalized spacial score (nSPS) is 14.3. The van der Waals surface area contributed by atoms with Gasteiger partial charge in [0, 0.05) is 17.1 Å². The molecule has 5 rings (SSSR count). The molecule has 4 aromatic rings. The fourth-order valence-corrected chi connectivity index (χ4v) is 3.95. The minimum Gasteiger partial charge on any atom is -0.493 e. The van der Waals surface area contributed by atoms with Crippen molar-refractivity contribution in [1.82, 2.24) is 10.3 Å². The molecule has 3 aromatic carbocycles. The predicted molar refractivity (Wildman–Crippen MR) is 133 cm³/mol. The standard InChI is InChI=1S/C27H25N3O5/c1-32-22-12-11-17(13-25(22)33-2)29-26-14-20(19-7-3-4-8-21(19)30-26)27(31)28-15-18-16-34-23-9-5-6-10-24(23)35-18/h3-14,18H,15-16H2,1-2H3,(H,28,31)(H,29,30). The van der Waals surface area contributed by atoms with Gasteiger partial charge < -0.3 is 29.6 Å². The van der Waals surface area contributed by atoms with Crippen LogP contribution in [0.4, 0.5) is 11.5 Å². The van der Waals surface area contributed by atoms with Gasteiger partial charge in [-0.1, -0.05) is 30.3 Å². The largest absolute Gasteiger partial charge is 0.493 e. The average molecular weight is 472 g/mol. The summed E-state index contributed by atoms with van der Waals surface area (Å²) >= 11 is 0. The molecule has 35 heavy (non-hydrogen) atoms. The fourth-order valence-electron chi connectivity index (χ4n) is 3.95. The predicted octanol–water partition coefficient (Wildman–Crippen LogP) is 4.57. The Labute approximate surface area is 202 Å². The maximum atomic E-state index is 13.2. The van der Waals surface area contributed by atoms with Crippen molar-refractivity contribution >= 4 is 28.3 Å². The molecule has 1 amide bonds. The summed E-state index contributed by atoms with van der Waals surface area (Å²) in [4.78, 5) is 17.9. The summed E-state index contributed by atoms with van der Waals surface area (Å²) < 4.78 is 22.4. The zero-order valence-electron chi connectivity index (χ0n) is 19.4. The van der Waals surface area contributed by atoms with Crippen LogP contribution in [0.5, 0.6) is 23.0 Å². The molecule has 1 aliphatic heterocycles. The van der Waals surface area contributed by atoms with Gasteiger partial charge in [0.1, 0.15) is 18.5 Å². The van der Waals surface area contributed by atoms with Crippen molar-refractivity contribution < 1.29 is 23.7 Å². The second-order valence-corrected chi connectivity index (χ2v) is 7.97. The summed E-state index contributed by atoms with van der Waals surface area (Å²) in [6.07, 6.45) is -0.286. The molecular weight excluding hydrogens is 446 g/mol. The summed E-state index contributed by atoms with van der Waals surface area (Å²) in [5, 5.41) is 7.00. The Hall–Kier alpha value is -4.46. The van der Waals surface area contributed by atoms with E-state index in [1.54, 1.807) is 26.4 Å². The molecule has 1 atom stereocenters. The first-order chi connectivity index (χ1) is 17.1. The van der Waals surface area contributed by atoms with Gasteiger partial charge in [-0.25, -0.2) is 4.98 Å². The summed E-state index contributed by atoms with van der Waals surface area (Å²) in [6.45, 7) is 0.669. The molecule has 0 bridgehead atoms. The number of para-hydroxylation sites is 3. The maximum absolute atomic E-state index is 13.2. The SMILES string of the molecule is COc1ccc(Nc2cc(C(=O)NCC3COc4ccccc4O3)c3ccccc3n2)cc1OC. The van der Waals surface area contributed by atoms with E-state index in [-0.39, 0.29) is 12.0 Å². The minimum absolute atomic E-state index is 0.221. The van der Waals surface area contributed by atoms with E-state index in [0.717, 1.165) is 11.1 Å². The number of amides is 1. The van der Waals surface area contributed by atoms with Gasteiger partial charge in [0.05, 0.1) is 31.8 Å². The van der Waals surface area contributed by atoms with Crippen LogP contribution in [0.25, 0.3) is 10.9 Å². The van der Waals surface area contributed by atoms with E-state index in [1.807, 2.05) is 60.7 Å². The zero-order chi connectivity index (χ0) is 24.2. The number of nitrogens with zero attached hydrogens (tertiary/aromatic N) is 1. The van der Waals surface area contributed by atoms with Gasteiger partial charge >= 0.3 is 0 Å². The number of hydrogen-bond acceptors (Lipinski definition) is 7. The number of nitrogens with one attached hydrogen (secondary N) is 2. The molecule has 178 valence electrons. The van der Waals surface area contributed by atoms with Crippen molar-refractivity contribution in [1.29, 1.82) is 0 Å². The Bertz CT molecular complexity index is 1370. The molecule has 2 N–H and O–H groups in total. The highest BCUT2D eigenvalue weighted by atomic mass is 16.6. The van der Waals surface area contributed by atoms with Crippen LogP contribution in [-0.4, -0.2) is 44.4 Å². The number of hydrogen-bond donors (Lipinski definition) is 2. The number of ether oxygens (including phenoxy) is 4. The first-order valence-electron chi connectivity index (χ1n) is 11.2. The lowest BCUT2D eigenvalue weighted by Gasteiger charge is -2.26. The fraction of sp³-hybridized carbons (Fsp3) is 0.185. The quantitative estimate of drug-likeness (QED) is 0.408. The van der Waals surface area contributed by atoms with E-state index in [0.29, 0.717) is 53.0 Å². The van der Waals surface area contributed by atoms with Crippen LogP contribution < -0.4 is 29.6 Å². The molecule has 0 fully saturated rings. The van der Waals surface area contributed by atoms with Crippen LogP contribution in [0.1, 0.15) is 10.4 Å². The first-order valence-corrected chi connectivity index (χ1v) is 11.2. The van der Waals surface area contributed by atoms with Crippen LogP contribution in [0.2, 0.25) is 0 Å². The van der Waals surface area contributed by atoms with E-state index >= 15 is 0 Å². The van der Waals surface area contributed by atoms with E-state index in [4.69, 9.17) is 18.9 Å². The number of rotatable bonds is 7. The van der Waals surface area contributed by atoms with Gasteiger partial charge in [-0.3, -0.25) is 4.79 Å². The second kappa shape index (κ2) is 9.80. The number of benzene rings is 3. The number of carbonyl (C=O) groups excluding carboxylic acids is 1. The Morgan fingerprint density at radius 1 is 0.971 bits per heavy atom. The monoisotopic (exact) mass is 471 g/mol. The van der Waals surface area contributed by atoms with Gasteiger partial charge in [-0.15, -0.1) is 0 Å². The lowest BCUT2D eigenvalue weighted by Crippen LogP contribution is -2.40. The van der Waals surface area contributed by atoms with Crippen molar-refractivity contribution in [2.24, 2.45) is 0 Å². The maximum Gasteiger partial charge on any atom is 0.252 e. The molecule has 1 aromatic heterocycles.